The van der Waals surface area contributed by atoms with Gasteiger partial charge in [-0.15, -0.1) is 5.10 Å². The van der Waals surface area contributed by atoms with Crippen molar-refractivity contribution in [2.45, 2.75) is 6.61 Å². The molecule has 0 bridgehead atoms. The van der Waals surface area contributed by atoms with Gasteiger partial charge in [0.25, 0.3) is 5.91 Å². The van der Waals surface area contributed by atoms with E-state index in [4.69, 9.17) is 21.1 Å². The van der Waals surface area contributed by atoms with Crippen LogP contribution in [0.1, 0.15) is 15.9 Å². The number of methoxy groups -OCH3 is 1. The zero-order chi connectivity index (χ0) is 22.2. The number of benzene rings is 2. The summed E-state index contributed by atoms with van der Waals surface area (Å²) >= 11 is 6.07. The molecule has 2 aliphatic heterocycles. The van der Waals surface area contributed by atoms with Crippen molar-refractivity contribution in [2.24, 2.45) is 11.8 Å². The molecule has 3 heterocycles. The van der Waals surface area contributed by atoms with E-state index in [-0.39, 0.29) is 30.4 Å². The molecule has 10 heteroatoms. The minimum absolute atomic E-state index is 0.0201. The van der Waals surface area contributed by atoms with E-state index in [1.807, 2.05) is 11.0 Å². The third-order valence-electron chi connectivity index (χ3n) is 6.13. The van der Waals surface area contributed by atoms with E-state index in [1.165, 1.54) is 0 Å². The fourth-order valence-electron chi connectivity index (χ4n) is 4.52. The van der Waals surface area contributed by atoms with Crippen molar-refractivity contribution in [1.82, 2.24) is 25.2 Å². The number of aromatic nitrogens is 3. The van der Waals surface area contributed by atoms with E-state index in [2.05, 4.69) is 15.4 Å². The first-order chi connectivity index (χ1) is 15.5. The Kier molecular flexibility index (Phi) is 5.34. The van der Waals surface area contributed by atoms with Crippen LogP contribution in [0.5, 0.6) is 5.75 Å². The first kappa shape index (κ1) is 20.6. The SMILES string of the molecule is COc1cc(Cl)cc(COC(=O)N2C[C@@H]3CN(C(=O)c4ccc5[nH]nnc5c4)C[C@H]3C2)c1. The number of ether oxygens (including phenoxy) is 2. The highest BCUT2D eigenvalue weighted by Crippen LogP contribution is 2.32. The Hall–Kier alpha value is -3.33. The van der Waals surface area contributed by atoms with Crippen LogP contribution in [-0.2, 0) is 11.3 Å². The normalized spacial score (nSPS) is 19.9. The second-order valence-electron chi connectivity index (χ2n) is 8.23. The van der Waals surface area contributed by atoms with Crippen LogP contribution >= 0.6 is 11.6 Å². The number of carbonyl (C=O) groups is 2. The van der Waals surface area contributed by atoms with Crippen LogP contribution in [0.2, 0.25) is 5.02 Å². The number of hydrogen-bond donors (Lipinski definition) is 1. The van der Waals surface area contributed by atoms with Crippen LogP contribution in [-0.4, -0.2) is 70.5 Å². The number of carbonyl (C=O) groups excluding carboxylic acids is 2. The van der Waals surface area contributed by atoms with Crippen molar-refractivity contribution in [1.29, 1.82) is 0 Å². The van der Waals surface area contributed by atoms with Gasteiger partial charge in [-0.25, -0.2) is 4.79 Å². The highest BCUT2D eigenvalue weighted by Gasteiger charge is 2.43. The standard InChI is InChI=1S/C22H22ClN5O4/c1-31-18-5-13(4-17(23)7-18)12-32-22(30)28-10-15-8-27(9-16(15)11-28)21(29)14-2-3-19-20(6-14)25-26-24-19/h2-7,15-16H,8-12H2,1H3,(H,24,25,26)/t15-,16-/m0/s1. The Morgan fingerprint density at radius 2 is 1.84 bits per heavy atom. The number of hydrogen-bond acceptors (Lipinski definition) is 6. The van der Waals surface area contributed by atoms with E-state index < -0.39 is 0 Å². The van der Waals surface area contributed by atoms with E-state index >= 15 is 0 Å². The van der Waals surface area contributed by atoms with Gasteiger partial charge in [-0.05, 0) is 42.0 Å². The lowest BCUT2D eigenvalue weighted by Gasteiger charge is -2.21. The smallest absolute Gasteiger partial charge is 0.410 e. The maximum atomic E-state index is 12.9. The van der Waals surface area contributed by atoms with Crippen molar-refractivity contribution in [3.05, 3.63) is 52.5 Å². The Labute approximate surface area is 189 Å². The van der Waals surface area contributed by atoms with Crippen molar-refractivity contribution >= 4 is 34.6 Å². The number of halogens is 1. The summed E-state index contributed by atoms with van der Waals surface area (Å²) in [5.41, 5.74) is 2.83. The summed E-state index contributed by atoms with van der Waals surface area (Å²) in [5.74, 6) is 1.09. The molecule has 2 aliphatic rings. The third-order valence-corrected chi connectivity index (χ3v) is 6.35. The van der Waals surface area contributed by atoms with Gasteiger partial charge in [-0.3, -0.25) is 9.89 Å². The molecule has 2 aromatic carbocycles. The molecule has 0 radical (unpaired) electrons. The van der Waals surface area contributed by atoms with Crippen LogP contribution in [0.15, 0.2) is 36.4 Å². The van der Waals surface area contributed by atoms with Gasteiger partial charge in [0.15, 0.2) is 0 Å². The summed E-state index contributed by atoms with van der Waals surface area (Å²) in [6.45, 7) is 2.52. The molecular weight excluding hydrogens is 434 g/mol. The second kappa shape index (κ2) is 8.31. The quantitative estimate of drug-likeness (QED) is 0.649. The van der Waals surface area contributed by atoms with Gasteiger partial charge in [-0.2, -0.15) is 0 Å². The molecule has 0 aliphatic carbocycles. The van der Waals surface area contributed by atoms with Crippen LogP contribution in [0.4, 0.5) is 4.79 Å². The fourth-order valence-corrected chi connectivity index (χ4v) is 4.77. The van der Waals surface area contributed by atoms with Gasteiger partial charge >= 0.3 is 6.09 Å². The highest BCUT2D eigenvalue weighted by molar-refractivity contribution is 6.30. The number of H-pyrrole nitrogens is 1. The molecule has 1 aromatic heterocycles. The lowest BCUT2D eigenvalue weighted by Crippen LogP contribution is -2.35. The highest BCUT2D eigenvalue weighted by atomic mass is 35.5. The average Bonchev–Trinajstić information content (AvgIpc) is 3.50. The molecule has 5 rings (SSSR count). The topological polar surface area (TPSA) is 101 Å². The number of aromatic amines is 1. The minimum Gasteiger partial charge on any atom is -0.497 e. The summed E-state index contributed by atoms with van der Waals surface area (Å²) in [7, 11) is 1.56. The molecule has 3 aromatic rings. The maximum Gasteiger partial charge on any atom is 0.410 e. The van der Waals surface area contributed by atoms with E-state index in [1.54, 1.807) is 42.3 Å². The van der Waals surface area contributed by atoms with Crippen LogP contribution in [0, 0.1) is 11.8 Å². The van der Waals surface area contributed by atoms with E-state index in [0.717, 1.165) is 11.1 Å². The Bertz CT molecular complexity index is 1170. The predicted molar refractivity (Wildman–Crippen MR) is 117 cm³/mol. The first-order valence-electron chi connectivity index (χ1n) is 10.4. The molecule has 9 nitrogen and oxygen atoms in total. The molecule has 32 heavy (non-hydrogen) atoms. The van der Waals surface area contributed by atoms with Gasteiger partial charge in [0.1, 0.15) is 17.9 Å². The van der Waals surface area contributed by atoms with Gasteiger partial charge in [-0.1, -0.05) is 16.8 Å². The molecule has 2 amide bonds. The molecule has 2 atom stereocenters. The summed E-state index contributed by atoms with van der Waals surface area (Å²) in [5, 5.41) is 11.0. The third kappa shape index (κ3) is 3.95. The van der Waals surface area contributed by atoms with Crippen LogP contribution < -0.4 is 4.74 Å². The summed E-state index contributed by atoms with van der Waals surface area (Å²) in [6.07, 6.45) is -0.354. The summed E-state index contributed by atoms with van der Waals surface area (Å²) in [6, 6.07) is 10.6. The largest absolute Gasteiger partial charge is 0.497 e. The predicted octanol–water partition coefficient (Wildman–Crippen LogP) is 2.96. The van der Waals surface area contributed by atoms with Crippen molar-refractivity contribution in [3.8, 4) is 5.75 Å². The van der Waals surface area contributed by atoms with E-state index in [0.29, 0.717) is 48.0 Å². The summed E-state index contributed by atoms with van der Waals surface area (Å²) in [4.78, 5) is 29.1. The Morgan fingerprint density at radius 3 is 2.59 bits per heavy atom. The molecular formula is C22H22ClN5O4. The fraction of sp³-hybridized carbons (Fsp3) is 0.364. The number of nitrogens with zero attached hydrogens (tertiary/aromatic N) is 4. The van der Waals surface area contributed by atoms with Crippen molar-refractivity contribution in [2.75, 3.05) is 33.3 Å². The zero-order valence-corrected chi connectivity index (χ0v) is 18.2. The molecule has 1 N–H and O–H groups in total. The molecule has 0 spiro atoms. The number of rotatable bonds is 4. The number of amides is 2. The van der Waals surface area contributed by atoms with Crippen molar-refractivity contribution < 1.29 is 19.1 Å². The second-order valence-corrected chi connectivity index (χ2v) is 8.67. The molecule has 166 valence electrons. The van der Waals surface area contributed by atoms with Crippen LogP contribution in [0.3, 0.4) is 0 Å². The van der Waals surface area contributed by atoms with Gasteiger partial charge in [0.05, 0.1) is 12.6 Å². The van der Waals surface area contributed by atoms with Crippen LogP contribution in [0.25, 0.3) is 11.0 Å². The molecule has 2 fully saturated rings. The average molecular weight is 456 g/mol. The zero-order valence-electron chi connectivity index (χ0n) is 17.5. The lowest BCUT2D eigenvalue weighted by molar-refractivity contribution is 0.0764. The lowest BCUT2D eigenvalue weighted by atomic mass is 10.0. The Balaban J connectivity index is 1.16. The van der Waals surface area contributed by atoms with Crippen molar-refractivity contribution in [3.63, 3.8) is 0 Å². The molecule has 0 unspecified atom stereocenters. The first-order valence-corrected chi connectivity index (χ1v) is 10.7. The number of nitrogens with one attached hydrogen (secondary N) is 1. The van der Waals surface area contributed by atoms with Gasteiger partial charge in [0.2, 0.25) is 0 Å². The number of likely N-dealkylation sites (tertiary alicyclic amines) is 2. The molecule has 0 saturated carbocycles. The Morgan fingerprint density at radius 1 is 1.09 bits per heavy atom. The number of fused-ring (bicyclic) bond motifs is 2. The monoisotopic (exact) mass is 455 g/mol. The van der Waals surface area contributed by atoms with E-state index in [9.17, 15) is 9.59 Å². The minimum atomic E-state index is -0.354. The maximum absolute atomic E-state index is 12.9. The summed E-state index contributed by atoms with van der Waals surface area (Å²) < 4.78 is 10.7. The van der Waals surface area contributed by atoms with Gasteiger partial charge in [0, 0.05) is 48.6 Å². The molecule has 2 saturated heterocycles. The van der Waals surface area contributed by atoms with Gasteiger partial charge < -0.3 is 19.3 Å².